The van der Waals surface area contributed by atoms with Crippen molar-refractivity contribution in [3.05, 3.63) is 69.8 Å². The van der Waals surface area contributed by atoms with Crippen LogP contribution in [0.15, 0.2) is 36.4 Å². The Morgan fingerprint density at radius 1 is 0.759 bits per heavy atom. The summed E-state index contributed by atoms with van der Waals surface area (Å²) in [5.41, 5.74) is 5.99. The zero-order valence-electron chi connectivity index (χ0n) is 19.3. The number of phenols is 1. The molecule has 0 spiro atoms. The summed E-state index contributed by atoms with van der Waals surface area (Å²) in [7, 11) is 0. The highest BCUT2D eigenvalue weighted by Crippen LogP contribution is 2.41. The molecule has 2 aromatic carbocycles. The molecule has 0 radical (unpaired) electrons. The van der Waals surface area contributed by atoms with Crippen molar-refractivity contribution in [1.82, 2.24) is 0 Å². The number of rotatable bonds is 8. The van der Waals surface area contributed by atoms with Crippen LogP contribution < -0.4 is 0 Å². The largest absolute Gasteiger partial charge is 0.507 e. The maximum Gasteiger partial charge on any atom is 0.121 e. The van der Waals surface area contributed by atoms with Gasteiger partial charge in [0, 0.05) is 5.41 Å². The molecule has 2 aromatic rings. The summed E-state index contributed by atoms with van der Waals surface area (Å²) in [4.78, 5) is 0. The normalized spacial score (nSPS) is 12.7. The van der Waals surface area contributed by atoms with Gasteiger partial charge in [-0.15, -0.1) is 0 Å². The highest BCUT2D eigenvalue weighted by atomic mass is 16.3. The number of aliphatic hydroxyl groups is 1. The maximum atomic E-state index is 10.6. The van der Waals surface area contributed by atoms with Gasteiger partial charge in [-0.1, -0.05) is 70.2 Å². The topological polar surface area (TPSA) is 40.5 Å². The molecule has 0 aliphatic heterocycles. The van der Waals surface area contributed by atoms with Gasteiger partial charge in [-0.25, -0.2) is 0 Å². The minimum absolute atomic E-state index is 0.0796. The molecule has 0 aliphatic carbocycles. The first-order chi connectivity index (χ1) is 13.7. The summed E-state index contributed by atoms with van der Waals surface area (Å²) < 4.78 is 0. The highest BCUT2D eigenvalue weighted by molar-refractivity contribution is 5.57. The second-order valence-electron chi connectivity index (χ2n) is 8.46. The van der Waals surface area contributed by atoms with Crippen molar-refractivity contribution >= 4 is 6.08 Å². The second kappa shape index (κ2) is 9.17. The summed E-state index contributed by atoms with van der Waals surface area (Å²) in [6, 6.07) is 11.0. The van der Waals surface area contributed by atoms with Crippen LogP contribution in [0.3, 0.4) is 0 Å². The first-order valence-corrected chi connectivity index (χ1v) is 11.0. The van der Waals surface area contributed by atoms with E-state index in [1.165, 1.54) is 16.7 Å². The van der Waals surface area contributed by atoms with Crippen LogP contribution >= 0.6 is 0 Å². The van der Waals surface area contributed by atoms with E-state index >= 15 is 0 Å². The van der Waals surface area contributed by atoms with Gasteiger partial charge in [0.05, 0.1) is 5.60 Å². The Kier molecular flexibility index (Phi) is 7.35. The maximum absolute atomic E-state index is 10.6. The lowest BCUT2D eigenvalue weighted by molar-refractivity contribution is 0.0836. The Morgan fingerprint density at radius 2 is 1.28 bits per heavy atom. The predicted octanol–water partition coefficient (Wildman–Crippen LogP) is 6.99. The number of benzene rings is 2. The number of hydrogen-bond acceptors (Lipinski definition) is 2. The summed E-state index contributed by atoms with van der Waals surface area (Å²) in [5.74, 6) is 0.394. The third-order valence-corrected chi connectivity index (χ3v) is 6.87. The fraction of sp³-hybridized carbons (Fsp3) is 0.481. The number of aryl methyl sites for hydroxylation is 3. The molecule has 0 saturated heterocycles. The lowest BCUT2D eigenvalue weighted by Crippen LogP contribution is -2.26. The molecule has 0 heterocycles. The molecule has 0 amide bonds. The molecular formula is C27H38O2. The molecule has 2 heteroatoms. The van der Waals surface area contributed by atoms with Crippen molar-refractivity contribution in [2.45, 2.75) is 85.2 Å². The lowest BCUT2D eigenvalue weighted by Gasteiger charge is -2.34. The van der Waals surface area contributed by atoms with Gasteiger partial charge in [0.2, 0.25) is 0 Å². The van der Waals surface area contributed by atoms with Crippen LogP contribution in [-0.4, -0.2) is 15.8 Å². The molecule has 0 fully saturated rings. The quantitative estimate of drug-likeness (QED) is 0.506. The average Bonchev–Trinajstić information content (AvgIpc) is 2.72. The summed E-state index contributed by atoms with van der Waals surface area (Å²) >= 11 is 0. The molecule has 29 heavy (non-hydrogen) atoms. The van der Waals surface area contributed by atoms with Crippen LogP contribution in [0.25, 0.3) is 6.08 Å². The van der Waals surface area contributed by atoms with E-state index in [1.54, 1.807) is 0 Å². The molecule has 0 unspecified atom stereocenters. The first-order valence-electron chi connectivity index (χ1n) is 11.0. The first kappa shape index (κ1) is 23.2. The number of phenolic OH excluding ortho intramolecular Hbond substituents is 1. The van der Waals surface area contributed by atoms with Crippen molar-refractivity contribution in [1.29, 1.82) is 0 Å². The Labute approximate surface area is 177 Å². The van der Waals surface area contributed by atoms with Gasteiger partial charge in [0.25, 0.3) is 0 Å². The molecule has 0 atom stereocenters. The van der Waals surface area contributed by atoms with Crippen molar-refractivity contribution in [3.63, 3.8) is 0 Å². The van der Waals surface area contributed by atoms with Crippen LogP contribution in [0.1, 0.15) is 86.8 Å². The fourth-order valence-electron chi connectivity index (χ4n) is 4.36. The van der Waals surface area contributed by atoms with E-state index in [2.05, 4.69) is 57.2 Å². The van der Waals surface area contributed by atoms with Gasteiger partial charge in [0.1, 0.15) is 5.75 Å². The van der Waals surface area contributed by atoms with E-state index in [0.29, 0.717) is 18.6 Å². The van der Waals surface area contributed by atoms with Crippen LogP contribution in [-0.2, 0) is 5.41 Å². The van der Waals surface area contributed by atoms with Crippen LogP contribution in [0, 0.1) is 20.8 Å². The molecule has 0 saturated carbocycles. The van der Waals surface area contributed by atoms with Crippen molar-refractivity contribution < 1.29 is 10.2 Å². The minimum atomic E-state index is -0.733. The van der Waals surface area contributed by atoms with E-state index in [0.717, 1.165) is 29.5 Å². The smallest absolute Gasteiger partial charge is 0.121 e. The van der Waals surface area contributed by atoms with Gasteiger partial charge in [-0.05, 0) is 79.8 Å². The number of aromatic hydroxyl groups is 1. The Hall–Kier alpha value is -2.06. The Balaban J connectivity index is 2.53. The van der Waals surface area contributed by atoms with Crippen molar-refractivity contribution in [3.8, 4) is 5.75 Å². The zero-order valence-corrected chi connectivity index (χ0v) is 19.3. The molecule has 0 aliphatic rings. The molecule has 2 N–H and O–H groups in total. The van der Waals surface area contributed by atoms with Crippen LogP contribution in [0.2, 0.25) is 0 Å². The minimum Gasteiger partial charge on any atom is -0.507 e. The SMILES string of the molecule is CCC(O)(C=Cc1ccc(C(CC)(CC)c2cc(C)c(O)c(C)c2)cc1C)CC. The van der Waals surface area contributed by atoms with Gasteiger partial charge in [-0.2, -0.15) is 0 Å². The summed E-state index contributed by atoms with van der Waals surface area (Å²) in [6.07, 6.45) is 7.41. The van der Waals surface area contributed by atoms with Crippen molar-refractivity contribution in [2.24, 2.45) is 0 Å². The predicted molar refractivity (Wildman–Crippen MR) is 125 cm³/mol. The van der Waals surface area contributed by atoms with E-state index in [9.17, 15) is 10.2 Å². The number of hydrogen-bond donors (Lipinski definition) is 2. The Bertz CT molecular complexity index is 845. The standard InChI is InChI=1S/C27H38O2/c1-8-26(29,9-2)15-14-22-12-13-23(16-19(22)5)27(10-3,11-4)24-17-20(6)25(28)21(7)18-24/h12-18,28-29H,8-11H2,1-7H3. The van der Waals surface area contributed by atoms with Crippen LogP contribution in [0.4, 0.5) is 0 Å². The highest BCUT2D eigenvalue weighted by Gasteiger charge is 2.31. The van der Waals surface area contributed by atoms with E-state index in [1.807, 2.05) is 33.8 Å². The summed E-state index contributed by atoms with van der Waals surface area (Å²) in [5, 5.41) is 20.8. The monoisotopic (exact) mass is 394 g/mol. The third-order valence-electron chi connectivity index (χ3n) is 6.87. The van der Waals surface area contributed by atoms with Gasteiger partial charge in [-0.3, -0.25) is 0 Å². The molecule has 158 valence electrons. The van der Waals surface area contributed by atoms with E-state index < -0.39 is 5.60 Å². The average molecular weight is 395 g/mol. The van der Waals surface area contributed by atoms with E-state index in [-0.39, 0.29) is 5.41 Å². The molecule has 0 bridgehead atoms. The zero-order chi connectivity index (χ0) is 21.8. The molecule has 2 nitrogen and oxygen atoms in total. The fourth-order valence-corrected chi connectivity index (χ4v) is 4.36. The Morgan fingerprint density at radius 3 is 1.72 bits per heavy atom. The third kappa shape index (κ3) is 4.59. The van der Waals surface area contributed by atoms with E-state index in [4.69, 9.17) is 0 Å². The van der Waals surface area contributed by atoms with Crippen LogP contribution in [0.5, 0.6) is 5.75 Å². The van der Waals surface area contributed by atoms with Gasteiger partial charge < -0.3 is 10.2 Å². The molecule has 0 aromatic heterocycles. The molecule has 2 rings (SSSR count). The van der Waals surface area contributed by atoms with Gasteiger partial charge in [0.15, 0.2) is 0 Å². The lowest BCUT2D eigenvalue weighted by atomic mass is 9.69. The van der Waals surface area contributed by atoms with Crippen molar-refractivity contribution in [2.75, 3.05) is 0 Å². The van der Waals surface area contributed by atoms with Gasteiger partial charge >= 0.3 is 0 Å². The molecular weight excluding hydrogens is 356 g/mol. The second-order valence-corrected chi connectivity index (χ2v) is 8.46. The summed E-state index contributed by atoms with van der Waals surface area (Å²) in [6.45, 7) is 14.6.